The van der Waals surface area contributed by atoms with Gasteiger partial charge in [-0.2, -0.15) is 0 Å². The predicted octanol–water partition coefficient (Wildman–Crippen LogP) is 4.48. The number of nitrogens with one attached hydrogen (secondary N) is 1. The Morgan fingerprint density at radius 3 is 2.91 bits per heavy atom. The van der Waals surface area contributed by atoms with Crippen LogP contribution in [0, 0.1) is 0 Å². The summed E-state index contributed by atoms with van der Waals surface area (Å²) in [4.78, 5) is 2.66. The molecule has 4 heteroatoms. The number of fused-ring (bicyclic) bond motifs is 3. The first-order chi connectivity index (χ1) is 11.2. The Kier molecular flexibility index (Phi) is 3.16. The van der Waals surface area contributed by atoms with Crippen molar-refractivity contribution in [3.63, 3.8) is 0 Å². The van der Waals surface area contributed by atoms with E-state index in [1.807, 2.05) is 18.2 Å². The van der Waals surface area contributed by atoms with E-state index in [4.69, 9.17) is 23.2 Å². The van der Waals surface area contributed by atoms with Crippen molar-refractivity contribution in [1.82, 2.24) is 5.32 Å². The molecule has 0 unspecified atom stereocenters. The second kappa shape index (κ2) is 5.14. The summed E-state index contributed by atoms with van der Waals surface area (Å²) < 4.78 is 0. The first kappa shape index (κ1) is 14.2. The van der Waals surface area contributed by atoms with Crippen molar-refractivity contribution in [3.05, 3.63) is 51.5 Å². The lowest BCUT2D eigenvalue weighted by Crippen LogP contribution is -2.43. The predicted molar refractivity (Wildman–Crippen MR) is 97.0 cm³/mol. The molecular weight excluding hydrogens is 327 g/mol. The number of benzene rings is 2. The van der Waals surface area contributed by atoms with E-state index < -0.39 is 0 Å². The maximum atomic E-state index is 6.45. The highest BCUT2D eigenvalue weighted by Gasteiger charge is 2.43. The molecular formula is C19H18Cl2N2. The highest BCUT2D eigenvalue weighted by atomic mass is 35.5. The molecule has 0 aliphatic carbocycles. The van der Waals surface area contributed by atoms with Crippen molar-refractivity contribution in [2.45, 2.75) is 24.8 Å². The van der Waals surface area contributed by atoms with Gasteiger partial charge in [-0.25, -0.2) is 0 Å². The van der Waals surface area contributed by atoms with E-state index in [1.165, 1.54) is 35.3 Å². The van der Waals surface area contributed by atoms with Crippen LogP contribution in [-0.2, 0) is 6.42 Å². The molecule has 0 radical (unpaired) electrons. The molecule has 1 saturated heterocycles. The maximum absolute atomic E-state index is 6.45. The number of nitrogens with zero attached hydrogens (tertiary/aromatic N) is 1. The van der Waals surface area contributed by atoms with Gasteiger partial charge in [0.1, 0.15) is 0 Å². The molecule has 1 N–H and O–H groups in total. The molecule has 0 bridgehead atoms. The summed E-state index contributed by atoms with van der Waals surface area (Å²) in [7, 11) is 0. The van der Waals surface area contributed by atoms with Gasteiger partial charge in [0.05, 0.1) is 0 Å². The highest BCUT2D eigenvalue weighted by Crippen LogP contribution is 2.50. The van der Waals surface area contributed by atoms with E-state index in [1.54, 1.807) is 0 Å². The van der Waals surface area contributed by atoms with Crippen LogP contribution in [0.3, 0.4) is 0 Å². The largest absolute Gasteiger partial charge is 0.367 e. The first-order valence-electron chi connectivity index (χ1n) is 8.32. The van der Waals surface area contributed by atoms with E-state index in [2.05, 4.69) is 22.3 Å². The lowest BCUT2D eigenvalue weighted by Gasteiger charge is -2.32. The summed E-state index contributed by atoms with van der Waals surface area (Å²) in [5.41, 5.74) is 6.82. The van der Waals surface area contributed by atoms with Crippen molar-refractivity contribution < 1.29 is 0 Å². The van der Waals surface area contributed by atoms with Crippen LogP contribution < -0.4 is 10.2 Å². The van der Waals surface area contributed by atoms with Crippen molar-refractivity contribution in [1.29, 1.82) is 0 Å². The van der Waals surface area contributed by atoms with Gasteiger partial charge in [-0.05, 0) is 60.3 Å². The highest BCUT2D eigenvalue weighted by molar-refractivity contribution is 6.36. The molecule has 23 heavy (non-hydrogen) atoms. The number of piperidine rings is 1. The van der Waals surface area contributed by atoms with E-state index in [0.29, 0.717) is 17.0 Å². The van der Waals surface area contributed by atoms with Gasteiger partial charge in [0.15, 0.2) is 0 Å². The van der Waals surface area contributed by atoms with Gasteiger partial charge in [-0.1, -0.05) is 29.3 Å². The zero-order chi connectivity index (χ0) is 15.6. The van der Waals surface area contributed by atoms with Gasteiger partial charge in [0, 0.05) is 46.3 Å². The first-order valence-corrected chi connectivity index (χ1v) is 9.07. The second-order valence-electron chi connectivity index (χ2n) is 6.81. The minimum Gasteiger partial charge on any atom is -0.367 e. The standard InChI is InChI=1S/C19H18Cl2N2/c20-13-1-2-14(17(21)9-13)12-7-11-4-6-23-18-3-5-22-10-16(18)15(8-12)19(11)23/h1-2,7-9,16,18,22H,3-6,10H2/t16-,18-/m0/s1. The Labute approximate surface area is 146 Å². The fraction of sp³-hybridized carbons (Fsp3) is 0.368. The van der Waals surface area contributed by atoms with Crippen LogP contribution in [-0.4, -0.2) is 25.7 Å². The summed E-state index contributed by atoms with van der Waals surface area (Å²) in [6.45, 7) is 3.39. The summed E-state index contributed by atoms with van der Waals surface area (Å²) in [5, 5.41) is 4.99. The van der Waals surface area contributed by atoms with Gasteiger partial charge < -0.3 is 10.2 Å². The van der Waals surface area contributed by atoms with Crippen LogP contribution in [0.4, 0.5) is 5.69 Å². The van der Waals surface area contributed by atoms with Crippen LogP contribution in [0.5, 0.6) is 0 Å². The molecule has 118 valence electrons. The normalized spacial score (nSPS) is 24.7. The van der Waals surface area contributed by atoms with Crippen molar-refractivity contribution in [2.75, 3.05) is 24.5 Å². The number of halogens is 2. The number of hydrogen-bond acceptors (Lipinski definition) is 2. The minimum absolute atomic E-state index is 0.615. The summed E-state index contributed by atoms with van der Waals surface area (Å²) in [5.74, 6) is 0.615. The minimum atomic E-state index is 0.615. The number of hydrogen-bond donors (Lipinski definition) is 1. The molecule has 3 aliphatic rings. The molecule has 5 rings (SSSR count). The Bertz CT molecular complexity index is 802. The van der Waals surface area contributed by atoms with Crippen LogP contribution in [0.15, 0.2) is 30.3 Å². The Morgan fingerprint density at radius 2 is 2.04 bits per heavy atom. The molecule has 0 aromatic heterocycles. The maximum Gasteiger partial charge on any atom is 0.0499 e. The number of anilines is 1. The average molecular weight is 345 g/mol. The summed E-state index contributed by atoms with van der Waals surface area (Å²) in [6, 6.07) is 11.2. The fourth-order valence-electron chi connectivity index (χ4n) is 4.64. The zero-order valence-corrected chi connectivity index (χ0v) is 14.3. The fourth-order valence-corrected chi connectivity index (χ4v) is 5.16. The SMILES string of the molecule is Clc1ccc(-c2cc3c4c(c2)[C@@H]2CNCC[C@@H]2N4CC3)c(Cl)c1. The number of rotatable bonds is 1. The third-order valence-corrected chi connectivity index (χ3v) is 6.16. The average Bonchev–Trinajstić information content (AvgIpc) is 3.11. The van der Waals surface area contributed by atoms with Crippen LogP contribution >= 0.6 is 23.2 Å². The van der Waals surface area contributed by atoms with E-state index >= 15 is 0 Å². The van der Waals surface area contributed by atoms with Gasteiger partial charge in [-0.3, -0.25) is 0 Å². The van der Waals surface area contributed by atoms with E-state index in [0.717, 1.165) is 30.1 Å². The Hall–Kier alpha value is -1.22. The molecule has 3 aliphatic heterocycles. The third kappa shape index (κ3) is 2.05. The van der Waals surface area contributed by atoms with Gasteiger partial charge in [-0.15, -0.1) is 0 Å². The van der Waals surface area contributed by atoms with Crippen molar-refractivity contribution in [3.8, 4) is 11.1 Å². The Morgan fingerprint density at radius 1 is 1.13 bits per heavy atom. The van der Waals surface area contributed by atoms with Crippen LogP contribution in [0.1, 0.15) is 23.5 Å². The molecule has 0 spiro atoms. The summed E-state index contributed by atoms with van der Waals surface area (Å²) in [6.07, 6.45) is 2.40. The van der Waals surface area contributed by atoms with Crippen LogP contribution in [0.2, 0.25) is 10.0 Å². The molecule has 2 aromatic carbocycles. The second-order valence-corrected chi connectivity index (χ2v) is 7.65. The monoisotopic (exact) mass is 344 g/mol. The summed E-state index contributed by atoms with van der Waals surface area (Å²) >= 11 is 12.5. The molecule has 0 saturated carbocycles. The molecule has 0 amide bonds. The Balaban J connectivity index is 1.67. The lowest BCUT2D eigenvalue weighted by molar-refractivity contribution is 0.405. The molecule has 2 aromatic rings. The smallest absolute Gasteiger partial charge is 0.0499 e. The molecule has 2 atom stereocenters. The van der Waals surface area contributed by atoms with Crippen molar-refractivity contribution >= 4 is 28.9 Å². The van der Waals surface area contributed by atoms with Gasteiger partial charge in [0.2, 0.25) is 0 Å². The molecule has 2 nitrogen and oxygen atoms in total. The van der Waals surface area contributed by atoms with Gasteiger partial charge in [0.25, 0.3) is 0 Å². The molecule has 1 fully saturated rings. The van der Waals surface area contributed by atoms with E-state index in [-0.39, 0.29) is 0 Å². The van der Waals surface area contributed by atoms with Gasteiger partial charge >= 0.3 is 0 Å². The third-order valence-electron chi connectivity index (χ3n) is 5.62. The zero-order valence-electron chi connectivity index (χ0n) is 12.8. The quantitative estimate of drug-likeness (QED) is 0.820. The van der Waals surface area contributed by atoms with Crippen molar-refractivity contribution in [2.24, 2.45) is 0 Å². The van der Waals surface area contributed by atoms with E-state index in [9.17, 15) is 0 Å². The topological polar surface area (TPSA) is 15.3 Å². The van der Waals surface area contributed by atoms with Crippen LogP contribution in [0.25, 0.3) is 11.1 Å². The molecule has 3 heterocycles. The lowest BCUT2D eigenvalue weighted by atomic mass is 9.87.